The highest BCUT2D eigenvalue weighted by Gasteiger charge is 2.42. The van der Waals surface area contributed by atoms with Crippen LogP contribution in [0, 0.1) is 11.7 Å². The van der Waals surface area contributed by atoms with Gasteiger partial charge in [-0.3, -0.25) is 4.79 Å². The molecular formula is C16H19FO3S. The molecule has 0 radical (unpaired) electrons. The Labute approximate surface area is 128 Å². The molecule has 1 aromatic carbocycles. The molecule has 2 aliphatic heterocycles. The molecule has 0 aromatic heterocycles. The zero-order chi connectivity index (χ0) is 14.9. The van der Waals surface area contributed by atoms with Gasteiger partial charge in [0.2, 0.25) is 0 Å². The summed E-state index contributed by atoms with van der Waals surface area (Å²) >= 11 is 1.88. The molecular weight excluding hydrogens is 291 g/mol. The Balaban J connectivity index is 1.76. The molecule has 114 valence electrons. The first-order valence-corrected chi connectivity index (χ1v) is 8.38. The molecule has 0 N–H and O–H groups in total. The molecule has 3 nitrogen and oxygen atoms in total. The number of rotatable bonds is 3. The summed E-state index contributed by atoms with van der Waals surface area (Å²) in [6, 6.07) is 4.45. The van der Waals surface area contributed by atoms with Crippen molar-refractivity contribution in [2.24, 2.45) is 5.92 Å². The van der Waals surface area contributed by atoms with Gasteiger partial charge in [0.25, 0.3) is 0 Å². The number of hydrogen-bond donors (Lipinski definition) is 0. The van der Waals surface area contributed by atoms with Crippen molar-refractivity contribution in [1.29, 1.82) is 0 Å². The average Bonchev–Trinajstić information content (AvgIpc) is 2.94. The largest absolute Gasteiger partial charge is 0.494 e. The molecule has 21 heavy (non-hydrogen) atoms. The fourth-order valence-corrected chi connectivity index (χ4v) is 4.55. The summed E-state index contributed by atoms with van der Waals surface area (Å²) in [7, 11) is 1.42. The third-order valence-electron chi connectivity index (χ3n) is 4.37. The molecule has 2 unspecified atom stereocenters. The lowest BCUT2D eigenvalue weighted by Crippen LogP contribution is -2.42. The number of Topliss-reactive ketones (excluding diaryl/α,β-unsaturated/α-hetero) is 1. The molecule has 0 bridgehead atoms. The van der Waals surface area contributed by atoms with E-state index in [0.29, 0.717) is 12.2 Å². The van der Waals surface area contributed by atoms with Crippen LogP contribution in [0.25, 0.3) is 0 Å². The quantitative estimate of drug-likeness (QED) is 0.802. The normalized spacial score (nSPS) is 28.8. The lowest BCUT2D eigenvalue weighted by atomic mass is 9.81. The van der Waals surface area contributed by atoms with E-state index in [9.17, 15) is 9.18 Å². The lowest BCUT2D eigenvalue weighted by Gasteiger charge is -2.37. The topological polar surface area (TPSA) is 35.5 Å². The highest BCUT2D eigenvalue weighted by atomic mass is 32.2. The monoisotopic (exact) mass is 310 g/mol. The van der Waals surface area contributed by atoms with Crippen molar-refractivity contribution in [3.63, 3.8) is 0 Å². The number of ketones is 1. The molecule has 1 aromatic rings. The van der Waals surface area contributed by atoms with Crippen LogP contribution in [0.15, 0.2) is 18.2 Å². The number of halogens is 1. The van der Waals surface area contributed by atoms with Gasteiger partial charge in [0.05, 0.1) is 12.7 Å². The van der Waals surface area contributed by atoms with Gasteiger partial charge in [-0.25, -0.2) is 4.39 Å². The summed E-state index contributed by atoms with van der Waals surface area (Å²) in [5.41, 5.74) is 0.301. The Morgan fingerprint density at radius 1 is 1.52 bits per heavy atom. The molecule has 3 rings (SSSR count). The van der Waals surface area contributed by atoms with Gasteiger partial charge >= 0.3 is 0 Å². The predicted octanol–water partition coefficient (Wildman–Crippen LogP) is 3.32. The molecule has 0 amide bonds. The zero-order valence-corrected chi connectivity index (χ0v) is 12.9. The van der Waals surface area contributed by atoms with Crippen LogP contribution in [-0.2, 0) is 4.74 Å². The number of carbonyl (C=O) groups excluding carboxylic acids is 1. The predicted molar refractivity (Wildman–Crippen MR) is 80.6 cm³/mol. The van der Waals surface area contributed by atoms with E-state index >= 15 is 0 Å². The second-order valence-electron chi connectivity index (χ2n) is 5.74. The minimum absolute atomic E-state index is 0.0242. The third-order valence-corrected chi connectivity index (χ3v) is 5.59. The van der Waals surface area contributed by atoms with Crippen molar-refractivity contribution in [2.45, 2.75) is 24.9 Å². The van der Waals surface area contributed by atoms with Crippen molar-refractivity contribution in [2.75, 3.05) is 25.2 Å². The van der Waals surface area contributed by atoms with Gasteiger partial charge in [-0.2, -0.15) is 11.8 Å². The summed E-state index contributed by atoms with van der Waals surface area (Å²) in [6.07, 6.45) is 2.49. The van der Waals surface area contributed by atoms with Crippen molar-refractivity contribution < 1.29 is 18.7 Å². The first-order valence-electron chi connectivity index (χ1n) is 7.23. The number of hydrogen-bond acceptors (Lipinski definition) is 4. The maximum Gasteiger partial charge on any atom is 0.166 e. The standard InChI is InChI=1S/C16H19FO3S/c1-19-14-3-2-11(8-13(14)17)15(18)12-4-6-20-16(9-12)5-7-21-10-16/h2-3,8,12H,4-7,9-10H2,1H3. The Kier molecular flexibility index (Phi) is 4.22. The third kappa shape index (κ3) is 2.94. The van der Waals surface area contributed by atoms with Crippen LogP contribution >= 0.6 is 11.8 Å². The van der Waals surface area contributed by atoms with E-state index in [1.54, 1.807) is 6.07 Å². The van der Waals surface area contributed by atoms with Crippen LogP contribution in [0.5, 0.6) is 5.75 Å². The van der Waals surface area contributed by atoms with Crippen LogP contribution in [0.1, 0.15) is 29.6 Å². The fourth-order valence-electron chi connectivity index (χ4n) is 3.17. The van der Waals surface area contributed by atoms with Crippen LogP contribution in [0.2, 0.25) is 0 Å². The minimum Gasteiger partial charge on any atom is -0.494 e. The van der Waals surface area contributed by atoms with Crippen molar-refractivity contribution >= 4 is 17.5 Å². The number of thioether (sulfide) groups is 1. The van der Waals surface area contributed by atoms with Crippen molar-refractivity contribution in [3.8, 4) is 5.75 Å². The second-order valence-corrected chi connectivity index (χ2v) is 6.84. The molecule has 5 heteroatoms. The fraction of sp³-hybridized carbons (Fsp3) is 0.562. The van der Waals surface area contributed by atoms with Crippen LogP contribution in [0.3, 0.4) is 0 Å². The van der Waals surface area contributed by atoms with Crippen LogP contribution in [0.4, 0.5) is 4.39 Å². The molecule has 2 atom stereocenters. The van der Waals surface area contributed by atoms with E-state index < -0.39 is 5.82 Å². The Morgan fingerprint density at radius 3 is 3.05 bits per heavy atom. The zero-order valence-electron chi connectivity index (χ0n) is 12.1. The molecule has 2 heterocycles. The van der Waals surface area contributed by atoms with Crippen LogP contribution < -0.4 is 4.74 Å². The number of ether oxygens (including phenoxy) is 2. The van der Waals surface area contributed by atoms with Gasteiger partial charge in [-0.05, 0) is 43.2 Å². The van der Waals surface area contributed by atoms with Gasteiger partial charge in [0.1, 0.15) is 0 Å². The highest BCUT2D eigenvalue weighted by Crippen LogP contribution is 2.41. The van der Waals surface area contributed by atoms with Crippen molar-refractivity contribution in [1.82, 2.24) is 0 Å². The maximum atomic E-state index is 13.8. The van der Waals surface area contributed by atoms with Gasteiger partial charge in [-0.15, -0.1) is 0 Å². The molecule has 2 saturated heterocycles. The summed E-state index contributed by atoms with van der Waals surface area (Å²) in [6.45, 7) is 0.621. The lowest BCUT2D eigenvalue weighted by molar-refractivity contribution is -0.0734. The number of methoxy groups -OCH3 is 1. The number of carbonyl (C=O) groups is 1. The summed E-state index contributed by atoms with van der Waals surface area (Å²) in [4.78, 5) is 12.6. The van der Waals surface area contributed by atoms with E-state index in [-0.39, 0.29) is 23.1 Å². The molecule has 1 spiro atoms. The first-order chi connectivity index (χ1) is 10.1. The summed E-state index contributed by atoms with van der Waals surface area (Å²) in [5, 5.41) is 0. The van der Waals surface area contributed by atoms with Gasteiger partial charge in [0, 0.05) is 23.8 Å². The first kappa shape index (κ1) is 14.9. The second kappa shape index (κ2) is 5.97. The van der Waals surface area contributed by atoms with E-state index in [4.69, 9.17) is 9.47 Å². The van der Waals surface area contributed by atoms with Gasteiger partial charge < -0.3 is 9.47 Å². The average molecular weight is 310 g/mol. The Morgan fingerprint density at radius 2 is 2.38 bits per heavy atom. The van der Waals surface area contributed by atoms with E-state index in [1.165, 1.54) is 19.2 Å². The Bertz CT molecular complexity index is 540. The molecule has 0 aliphatic carbocycles. The van der Waals surface area contributed by atoms with Gasteiger partial charge in [0.15, 0.2) is 17.3 Å². The summed E-state index contributed by atoms with van der Waals surface area (Å²) in [5.74, 6) is 1.70. The number of benzene rings is 1. The summed E-state index contributed by atoms with van der Waals surface area (Å²) < 4.78 is 24.6. The van der Waals surface area contributed by atoms with Gasteiger partial charge in [-0.1, -0.05) is 0 Å². The smallest absolute Gasteiger partial charge is 0.166 e. The van der Waals surface area contributed by atoms with E-state index in [0.717, 1.165) is 30.8 Å². The highest BCUT2D eigenvalue weighted by molar-refractivity contribution is 7.99. The minimum atomic E-state index is -0.485. The molecule has 2 aliphatic rings. The van der Waals surface area contributed by atoms with Crippen molar-refractivity contribution in [3.05, 3.63) is 29.6 Å². The van der Waals surface area contributed by atoms with Crippen LogP contribution in [-0.4, -0.2) is 36.6 Å². The Hall–Kier alpha value is -1.07. The molecule has 0 saturated carbocycles. The SMILES string of the molecule is COc1ccc(C(=O)C2CCOC3(CCSC3)C2)cc1F. The maximum absolute atomic E-state index is 13.8. The molecule has 2 fully saturated rings. The van der Waals surface area contributed by atoms with E-state index in [1.807, 2.05) is 11.8 Å². The van der Waals surface area contributed by atoms with E-state index in [2.05, 4.69) is 0 Å².